The molecule has 0 atom stereocenters. The number of hydrogen-bond donors (Lipinski definition) is 2. The van der Waals surface area contributed by atoms with Crippen LogP contribution in [0, 0.1) is 0 Å². The lowest BCUT2D eigenvalue weighted by Crippen LogP contribution is -2.22. The Labute approximate surface area is 137 Å². The fourth-order valence-electron chi connectivity index (χ4n) is 2.17. The molecule has 0 amide bonds. The standard InChI is InChI=1S/C18H23N3O2/c1-22-16-10-8-15(9-11-16)21-18(19)20-12-4-6-14-5-3-7-17(13-14)23-2/h3,5,7-11,13H,4,6,12H2,1-2H3,(H3,19,20,21). The molecule has 0 saturated carbocycles. The third-order valence-electron chi connectivity index (χ3n) is 3.40. The normalized spacial score (nSPS) is 11.1. The second kappa shape index (κ2) is 8.68. The van der Waals surface area contributed by atoms with Crippen LogP contribution < -0.4 is 20.5 Å². The molecule has 3 N–H and O–H groups in total. The van der Waals surface area contributed by atoms with Gasteiger partial charge in [-0.25, -0.2) is 0 Å². The quantitative estimate of drug-likeness (QED) is 0.468. The van der Waals surface area contributed by atoms with Crippen molar-refractivity contribution >= 4 is 11.6 Å². The number of aryl methyl sites for hydroxylation is 1. The van der Waals surface area contributed by atoms with Crippen LogP contribution in [0.1, 0.15) is 12.0 Å². The van der Waals surface area contributed by atoms with E-state index in [1.165, 1.54) is 5.56 Å². The minimum absolute atomic E-state index is 0.417. The van der Waals surface area contributed by atoms with Gasteiger partial charge in [0.25, 0.3) is 0 Å². The zero-order valence-corrected chi connectivity index (χ0v) is 13.6. The van der Waals surface area contributed by atoms with Crippen molar-refractivity contribution in [2.24, 2.45) is 10.7 Å². The summed E-state index contributed by atoms with van der Waals surface area (Å²) < 4.78 is 10.3. The van der Waals surface area contributed by atoms with Crippen LogP contribution in [0.3, 0.4) is 0 Å². The van der Waals surface area contributed by atoms with Crippen LogP contribution in [-0.2, 0) is 6.42 Å². The first-order chi connectivity index (χ1) is 11.2. The number of anilines is 1. The Morgan fingerprint density at radius 2 is 1.78 bits per heavy atom. The fourth-order valence-corrected chi connectivity index (χ4v) is 2.17. The van der Waals surface area contributed by atoms with Gasteiger partial charge < -0.3 is 20.5 Å². The maximum Gasteiger partial charge on any atom is 0.193 e. The van der Waals surface area contributed by atoms with E-state index in [2.05, 4.69) is 16.4 Å². The van der Waals surface area contributed by atoms with Crippen molar-refractivity contribution in [3.8, 4) is 11.5 Å². The summed E-state index contributed by atoms with van der Waals surface area (Å²) in [5, 5.41) is 3.06. The molecule has 0 heterocycles. The van der Waals surface area contributed by atoms with E-state index in [4.69, 9.17) is 15.2 Å². The largest absolute Gasteiger partial charge is 0.497 e. The van der Waals surface area contributed by atoms with Gasteiger partial charge in [0.2, 0.25) is 0 Å². The van der Waals surface area contributed by atoms with Crippen LogP contribution in [0.2, 0.25) is 0 Å². The summed E-state index contributed by atoms with van der Waals surface area (Å²) in [6.45, 7) is 0.673. The van der Waals surface area contributed by atoms with E-state index < -0.39 is 0 Å². The third-order valence-corrected chi connectivity index (χ3v) is 3.40. The number of nitrogens with one attached hydrogen (secondary N) is 1. The van der Waals surface area contributed by atoms with Crippen LogP contribution in [-0.4, -0.2) is 26.7 Å². The lowest BCUT2D eigenvalue weighted by Gasteiger charge is -2.07. The van der Waals surface area contributed by atoms with Gasteiger partial charge in [0, 0.05) is 12.2 Å². The SMILES string of the molecule is COc1ccc(NC(N)=NCCCc2cccc(OC)c2)cc1. The highest BCUT2D eigenvalue weighted by Crippen LogP contribution is 2.15. The molecular formula is C18H23N3O2. The molecule has 0 spiro atoms. The van der Waals surface area contributed by atoms with Crippen LogP contribution in [0.25, 0.3) is 0 Å². The number of aliphatic imine (C=N–C) groups is 1. The van der Waals surface area contributed by atoms with Gasteiger partial charge in [-0.2, -0.15) is 0 Å². The number of hydrogen-bond acceptors (Lipinski definition) is 3. The van der Waals surface area contributed by atoms with E-state index in [9.17, 15) is 0 Å². The van der Waals surface area contributed by atoms with Crippen LogP contribution >= 0.6 is 0 Å². The molecule has 2 aromatic rings. The van der Waals surface area contributed by atoms with Gasteiger partial charge in [-0.1, -0.05) is 12.1 Å². The molecule has 0 aliphatic rings. The molecule has 2 aromatic carbocycles. The van der Waals surface area contributed by atoms with Crippen molar-refractivity contribution in [1.29, 1.82) is 0 Å². The average Bonchev–Trinajstić information content (AvgIpc) is 2.59. The Morgan fingerprint density at radius 3 is 2.48 bits per heavy atom. The van der Waals surface area contributed by atoms with Gasteiger partial charge in [-0.3, -0.25) is 4.99 Å². The smallest absolute Gasteiger partial charge is 0.193 e. The monoisotopic (exact) mass is 313 g/mol. The van der Waals surface area contributed by atoms with Crippen LogP contribution in [0.4, 0.5) is 5.69 Å². The first kappa shape index (κ1) is 16.7. The van der Waals surface area contributed by atoms with Gasteiger partial charge in [0.1, 0.15) is 11.5 Å². The molecule has 0 bridgehead atoms. The summed E-state index contributed by atoms with van der Waals surface area (Å²) in [5.74, 6) is 2.11. The number of methoxy groups -OCH3 is 2. The number of guanidine groups is 1. The van der Waals surface area contributed by atoms with Gasteiger partial charge in [-0.05, 0) is 54.8 Å². The predicted octanol–water partition coefficient (Wildman–Crippen LogP) is 3.06. The minimum atomic E-state index is 0.417. The van der Waals surface area contributed by atoms with Crippen LogP contribution in [0.15, 0.2) is 53.5 Å². The molecule has 0 aliphatic heterocycles. The summed E-state index contributed by atoms with van der Waals surface area (Å²) in [6.07, 6.45) is 1.87. The first-order valence-electron chi connectivity index (χ1n) is 7.55. The summed E-state index contributed by atoms with van der Waals surface area (Å²) >= 11 is 0. The highest BCUT2D eigenvalue weighted by molar-refractivity contribution is 5.92. The van der Waals surface area contributed by atoms with E-state index in [1.54, 1.807) is 14.2 Å². The first-order valence-corrected chi connectivity index (χ1v) is 7.55. The number of nitrogens with zero attached hydrogens (tertiary/aromatic N) is 1. The second-order valence-corrected chi connectivity index (χ2v) is 5.08. The minimum Gasteiger partial charge on any atom is -0.497 e. The molecule has 122 valence electrons. The van der Waals surface area contributed by atoms with Crippen molar-refractivity contribution in [2.45, 2.75) is 12.8 Å². The zero-order valence-electron chi connectivity index (χ0n) is 13.6. The average molecular weight is 313 g/mol. The highest BCUT2D eigenvalue weighted by atomic mass is 16.5. The van der Waals surface area contributed by atoms with Crippen molar-refractivity contribution in [3.63, 3.8) is 0 Å². The van der Waals surface area contributed by atoms with E-state index in [1.807, 2.05) is 42.5 Å². The van der Waals surface area contributed by atoms with Gasteiger partial charge >= 0.3 is 0 Å². The van der Waals surface area contributed by atoms with E-state index in [0.29, 0.717) is 12.5 Å². The van der Waals surface area contributed by atoms with E-state index in [0.717, 1.165) is 30.0 Å². The second-order valence-electron chi connectivity index (χ2n) is 5.08. The van der Waals surface area contributed by atoms with Gasteiger partial charge in [0.05, 0.1) is 14.2 Å². The molecule has 23 heavy (non-hydrogen) atoms. The summed E-state index contributed by atoms with van der Waals surface area (Å²) in [5.41, 5.74) is 8.02. The Kier molecular flexibility index (Phi) is 6.29. The summed E-state index contributed by atoms with van der Waals surface area (Å²) in [6, 6.07) is 15.6. The lowest BCUT2D eigenvalue weighted by molar-refractivity contribution is 0.414. The Bertz CT molecular complexity index is 639. The van der Waals surface area contributed by atoms with Crippen molar-refractivity contribution in [3.05, 3.63) is 54.1 Å². The molecular weight excluding hydrogens is 290 g/mol. The topological polar surface area (TPSA) is 68.9 Å². The molecule has 0 fully saturated rings. The van der Waals surface area contributed by atoms with E-state index in [-0.39, 0.29) is 0 Å². The Morgan fingerprint density at radius 1 is 1.04 bits per heavy atom. The molecule has 0 aliphatic carbocycles. The van der Waals surface area contributed by atoms with Gasteiger partial charge in [-0.15, -0.1) is 0 Å². The number of rotatable bonds is 7. The van der Waals surface area contributed by atoms with E-state index >= 15 is 0 Å². The Balaban J connectivity index is 1.77. The lowest BCUT2D eigenvalue weighted by atomic mass is 10.1. The molecule has 5 nitrogen and oxygen atoms in total. The maximum absolute atomic E-state index is 5.89. The highest BCUT2D eigenvalue weighted by Gasteiger charge is 1.98. The summed E-state index contributed by atoms with van der Waals surface area (Å²) in [7, 11) is 3.32. The van der Waals surface area contributed by atoms with Crippen molar-refractivity contribution < 1.29 is 9.47 Å². The molecule has 0 saturated heterocycles. The third kappa shape index (κ3) is 5.54. The van der Waals surface area contributed by atoms with Crippen molar-refractivity contribution in [2.75, 3.05) is 26.1 Å². The number of nitrogens with two attached hydrogens (primary N) is 1. The molecule has 2 rings (SSSR count). The number of benzene rings is 2. The van der Waals surface area contributed by atoms with Gasteiger partial charge in [0.15, 0.2) is 5.96 Å². The molecule has 0 unspecified atom stereocenters. The summed E-state index contributed by atoms with van der Waals surface area (Å²) in [4.78, 5) is 4.34. The van der Waals surface area contributed by atoms with Crippen molar-refractivity contribution in [1.82, 2.24) is 0 Å². The Hall–Kier alpha value is -2.69. The maximum atomic E-state index is 5.89. The molecule has 0 radical (unpaired) electrons. The molecule has 0 aromatic heterocycles. The molecule has 5 heteroatoms. The van der Waals surface area contributed by atoms with Crippen LogP contribution in [0.5, 0.6) is 11.5 Å². The predicted molar refractivity (Wildman–Crippen MR) is 94.4 cm³/mol. The zero-order chi connectivity index (χ0) is 16.5. The number of ether oxygens (including phenoxy) is 2. The fraction of sp³-hybridized carbons (Fsp3) is 0.278.